The highest BCUT2D eigenvalue weighted by Gasteiger charge is 2.09. The Morgan fingerprint density at radius 1 is 1.17 bits per heavy atom. The minimum absolute atomic E-state index is 0.402. The lowest BCUT2D eigenvalue weighted by Gasteiger charge is -2.09. The fraction of sp³-hybridized carbons (Fsp3) is 0.538. The van der Waals surface area contributed by atoms with Crippen molar-refractivity contribution in [1.82, 2.24) is 19.6 Å². The number of hydrogen-bond acceptors (Lipinski definition) is 3. The topological polar surface area (TPSA) is 47.7 Å². The Balaban J connectivity index is 2.09. The van der Waals surface area contributed by atoms with Crippen LogP contribution in [0.5, 0.6) is 0 Å². The summed E-state index contributed by atoms with van der Waals surface area (Å²) in [6, 6.07) is 0.402. The van der Waals surface area contributed by atoms with Crippen LogP contribution in [0.3, 0.4) is 0 Å². The summed E-state index contributed by atoms with van der Waals surface area (Å²) in [4.78, 5) is 0. The predicted molar refractivity (Wildman–Crippen MR) is 72.6 cm³/mol. The van der Waals surface area contributed by atoms with Crippen molar-refractivity contribution < 1.29 is 0 Å². The molecule has 0 aliphatic heterocycles. The lowest BCUT2D eigenvalue weighted by atomic mass is 10.2. The lowest BCUT2D eigenvalue weighted by molar-refractivity contribution is 0.518. The van der Waals surface area contributed by atoms with Gasteiger partial charge >= 0.3 is 0 Å². The molecule has 0 bridgehead atoms. The van der Waals surface area contributed by atoms with Crippen molar-refractivity contribution in [2.24, 2.45) is 7.05 Å². The molecule has 18 heavy (non-hydrogen) atoms. The summed E-state index contributed by atoms with van der Waals surface area (Å²) < 4.78 is 3.92. The summed E-state index contributed by atoms with van der Waals surface area (Å²) in [7, 11) is 1.95. The van der Waals surface area contributed by atoms with Crippen molar-refractivity contribution in [2.45, 2.75) is 40.3 Å². The second kappa shape index (κ2) is 4.84. The summed E-state index contributed by atoms with van der Waals surface area (Å²) >= 11 is 0. The van der Waals surface area contributed by atoms with Gasteiger partial charge in [0.15, 0.2) is 0 Å². The van der Waals surface area contributed by atoms with Crippen LogP contribution in [0.2, 0.25) is 0 Å². The molecule has 0 saturated heterocycles. The number of rotatable bonds is 4. The zero-order valence-corrected chi connectivity index (χ0v) is 11.7. The van der Waals surface area contributed by atoms with E-state index in [1.165, 1.54) is 11.3 Å². The lowest BCUT2D eigenvalue weighted by Crippen LogP contribution is -2.06. The average molecular weight is 247 g/mol. The predicted octanol–water partition coefficient (Wildman–Crippen LogP) is 2.43. The first kappa shape index (κ1) is 12.7. The van der Waals surface area contributed by atoms with Gasteiger partial charge in [-0.3, -0.25) is 9.36 Å². The molecule has 1 N–H and O–H groups in total. The molecule has 0 radical (unpaired) electrons. The van der Waals surface area contributed by atoms with Gasteiger partial charge in [0, 0.05) is 30.9 Å². The van der Waals surface area contributed by atoms with Gasteiger partial charge in [0.2, 0.25) is 0 Å². The van der Waals surface area contributed by atoms with Crippen molar-refractivity contribution >= 4 is 5.69 Å². The average Bonchev–Trinajstić information content (AvgIpc) is 2.83. The number of nitrogens with zero attached hydrogens (tertiary/aromatic N) is 4. The van der Waals surface area contributed by atoms with Crippen LogP contribution in [0.4, 0.5) is 5.69 Å². The van der Waals surface area contributed by atoms with Crippen molar-refractivity contribution in [3.8, 4) is 0 Å². The maximum atomic E-state index is 4.41. The van der Waals surface area contributed by atoms with Crippen molar-refractivity contribution in [3.05, 3.63) is 29.3 Å². The Hall–Kier alpha value is -1.78. The molecule has 98 valence electrons. The highest BCUT2D eigenvalue weighted by Crippen LogP contribution is 2.17. The third-order valence-corrected chi connectivity index (χ3v) is 3.34. The fourth-order valence-corrected chi connectivity index (χ4v) is 2.02. The minimum atomic E-state index is 0.402. The molecule has 2 rings (SSSR count). The normalized spacial score (nSPS) is 11.2. The fourth-order valence-electron chi connectivity index (χ4n) is 2.02. The van der Waals surface area contributed by atoms with Crippen LogP contribution >= 0.6 is 0 Å². The monoisotopic (exact) mass is 247 g/mol. The second-order valence-corrected chi connectivity index (χ2v) is 4.91. The maximum Gasteiger partial charge on any atom is 0.0758 e. The van der Waals surface area contributed by atoms with E-state index in [2.05, 4.69) is 43.2 Å². The molecule has 0 aliphatic carbocycles. The summed E-state index contributed by atoms with van der Waals surface area (Å²) in [6.07, 6.45) is 3.80. The molecule has 0 atom stereocenters. The standard InChI is InChI=1S/C13H21N5/c1-9(2)18-10(3)12(7-16-18)6-14-13-8-15-17(5)11(13)4/h7-9,14H,6H2,1-5H3. The first-order valence-corrected chi connectivity index (χ1v) is 6.26. The van der Waals surface area contributed by atoms with E-state index in [1.807, 2.05) is 28.8 Å². The van der Waals surface area contributed by atoms with Crippen LogP contribution in [-0.2, 0) is 13.6 Å². The number of hydrogen-bond donors (Lipinski definition) is 1. The Labute approximate surface area is 108 Å². The van der Waals surface area contributed by atoms with Crippen molar-refractivity contribution in [1.29, 1.82) is 0 Å². The smallest absolute Gasteiger partial charge is 0.0758 e. The van der Waals surface area contributed by atoms with Crippen molar-refractivity contribution in [3.63, 3.8) is 0 Å². The molecule has 5 nitrogen and oxygen atoms in total. The Kier molecular flexibility index (Phi) is 3.41. The van der Waals surface area contributed by atoms with E-state index in [-0.39, 0.29) is 0 Å². The summed E-state index contributed by atoms with van der Waals surface area (Å²) in [6.45, 7) is 9.23. The molecule has 0 amide bonds. The molecule has 0 spiro atoms. The van der Waals surface area contributed by atoms with E-state index in [9.17, 15) is 0 Å². The van der Waals surface area contributed by atoms with Crippen LogP contribution in [0.1, 0.15) is 36.8 Å². The van der Waals surface area contributed by atoms with Gasteiger partial charge in [-0.2, -0.15) is 10.2 Å². The molecule has 0 fully saturated rings. The molecule has 0 aliphatic rings. The van der Waals surface area contributed by atoms with Gasteiger partial charge in [0.25, 0.3) is 0 Å². The van der Waals surface area contributed by atoms with E-state index in [0.717, 1.165) is 17.9 Å². The quantitative estimate of drug-likeness (QED) is 0.902. The number of nitrogens with one attached hydrogen (secondary N) is 1. The SMILES string of the molecule is Cc1c(NCc2cnn(C(C)C)c2C)cnn1C. The van der Waals surface area contributed by atoms with Crippen LogP contribution in [-0.4, -0.2) is 19.6 Å². The van der Waals surface area contributed by atoms with Gasteiger partial charge in [-0.25, -0.2) is 0 Å². The van der Waals surface area contributed by atoms with Gasteiger partial charge in [-0.1, -0.05) is 0 Å². The molecule has 0 saturated carbocycles. The van der Waals surface area contributed by atoms with E-state index in [1.54, 1.807) is 0 Å². The van der Waals surface area contributed by atoms with Crippen molar-refractivity contribution in [2.75, 3.05) is 5.32 Å². The zero-order valence-electron chi connectivity index (χ0n) is 11.7. The third-order valence-electron chi connectivity index (χ3n) is 3.34. The largest absolute Gasteiger partial charge is 0.378 e. The van der Waals surface area contributed by atoms with Gasteiger partial charge in [-0.15, -0.1) is 0 Å². The first-order valence-electron chi connectivity index (χ1n) is 6.26. The summed E-state index contributed by atoms with van der Waals surface area (Å²) in [5.74, 6) is 0. The molecule has 0 unspecified atom stereocenters. The van der Waals surface area contributed by atoms with E-state index < -0.39 is 0 Å². The maximum absolute atomic E-state index is 4.41. The summed E-state index contributed by atoms with van der Waals surface area (Å²) in [5, 5.41) is 12.0. The van der Waals surface area contributed by atoms with Gasteiger partial charge in [0.1, 0.15) is 0 Å². The number of aromatic nitrogens is 4. The molecular weight excluding hydrogens is 226 g/mol. The summed E-state index contributed by atoms with van der Waals surface area (Å²) in [5.41, 5.74) is 4.67. The molecule has 2 heterocycles. The van der Waals surface area contributed by atoms with Crippen LogP contribution in [0, 0.1) is 13.8 Å². The number of aryl methyl sites for hydroxylation is 1. The van der Waals surface area contributed by atoms with Gasteiger partial charge in [-0.05, 0) is 27.7 Å². The van der Waals surface area contributed by atoms with Crippen LogP contribution in [0.25, 0.3) is 0 Å². The molecular formula is C13H21N5. The zero-order chi connectivity index (χ0) is 13.3. The van der Waals surface area contributed by atoms with E-state index in [0.29, 0.717) is 6.04 Å². The highest BCUT2D eigenvalue weighted by molar-refractivity contribution is 5.46. The van der Waals surface area contributed by atoms with E-state index in [4.69, 9.17) is 0 Å². The Morgan fingerprint density at radius 3 is 2.39 bits per heavy atom. The van der Waals surface area contributed by atoms with Crippen LogP contribution in [0.15, 0.2) is 12.4 Å². The van der Waals surface area contributed by atoms with Crippen LogP contribution < -0.4 is 5.32 Å². The number of anilines is 1. The highest BCUT2D eigenvalue weighted by atomic mass is 15.3. The van der Waals surface area contributed by atoms with Gasteiger partial charge in [0.05, 0.1) is 23.8 Å². The van der Waals surface area contributed by atoms with E-state index >= 15 is 0 Å². The second-order valence-electron chi connectivity index (χ2n) is 4.91. The molecule has 2 aromatic rings. The molecule has 5 heteroatoms. The third kappa shape index (κ3) is 2.25. The van der Waals surface area contributed by atoms with Gasteiger partial charge < -0.3 is 5.32 Å². The minimum Gasteiger partial charge on any atom is -0.378 e. The molecule has 0 aromatic carbocycles. The Morgan fingerprint density at radius 2 is 1.89 bits per heavy atom. The first-order chi connectivity index (χ1) is 8.50. The molecule has 2 aromatic heterocycles. The Bertz CT molecular complexity index is 536.